The van der Waals surface area contributed by atoms with Crippen LogP contribution in [0.5, 0.6) is 0 Å². The van der Waals surface area contributed by atoms with Crippen LogP contribution in [0.4, 0.5) is 5.82 Å². The number of aromatic nitrogens is 4. The van der Waals surface area contributed by atoms with Crippen molar-refractivity contribution in [3.05, 3.63) is 34.7 Å². The fraction of sp³-hybridized carbons (Fsp3) is 0.471. The molecule has 0 saturated heterocycles. The van der Waals surface area contributed by atoms with Gasteiger partial charge in [-0.25, -0.2) is 9.97 Å². The van der Waals surface area contributed by atoms with E-state index in [1.54, 1.807) is 17.7 Å². The van der Waals surface area contributed by atoms with Gasteiger partial charge in [0.05, 0.1) is 29.9 Å². The Labute approximate surface area is 150 Å². The molecular weight excluding hydrogens is 336 g/mol. The third-order valence-corrected chi connectivity index (χ3v) is 5.39. The van der Waals surface area contributed by atoms with Gasteiger partial charge in [0.15, 0.2) is 0 Å². The molecule has 1 atom stereocenters. The zero-order chi connectivity index (χ0) is 17.6. The van der Waals surface area contributed by atoms with Crippen LogP contribution in [-0.2, 0) is 13.1 Å². The average molecular weight is 358 g/mol. The smallest absolute Gasteiger partial charge is 0.141 e. The second kappa shape index (κ2) is 6.36. The monoisotopic (exact) mass is 358 g/mol. The third kappa shape index (κ3) is 3.12. The Morgan fingerprint density at radius 1 is 1.28 bits per heavy atom. The van der Waals surface area contributed by atoms with E-state index in [2.05, 4.69) is 33.0 Å². The summed E-state index contributed by atoms with van der Waals surface area (Å²) in [5, 5.41) is 16.0. The molecule has 0 spiro atoms. The number of nitrogens with zero attached hydrogens (tertiary/aromatic N) is 6. The molecule has 3 aromatic heterocycles. The lowest BCUT2D eigenvalue weighted by Gasteiger charge is -2.28. The van der Waals surface area contributed by atoms with Crippen LogP contribution in [0.3, 0.4) is 0 Å². The lowest BCUT2D eigenvalue weighted by Crippen LogP contribution is -2.34. The van der Waals surface area contributed by atoms with Gasteiger partial charge in [0.1, 0.15) is 23.1 Å². The maximum atomic E-state index is 10.3. The van der Waals surface area contributed by atoms with Crippen molar-refractivity contribution in [3.63, 3.8) is 0 Å². The summed E-state index contributed by atoms with van der Waals surface area (Å²) in [7, 11) is 3.90. The molecule has 0 bridgehead atoms. The highest BCUT2D eigenvalue weighted by Gasteiger charge is 2.23. The number of hydrogen-bond donors (Lipinski definition) is 1. The summed E-state index contributed by atoms with van der Waals surface area (Å²) in [6, 6.07) is 4.17. The van der Waals surface area contributed by atoms with Crippen molar-refractivity contribution in [3.8, 4) is 0 Å². The molecule has 1 N–H and O–H groups in total. The first-order valence-electron chi connectivity index (χ1n) is 8.37. The van der Waals surface area contributed by atoms with Crippen LogP contribution in [0.15, 0.2) is 18.5 Å². The van der Waals surface area contributed by atoms with Gasteiger partial charge < -0.3 is 14.9 Å². The van der Waals surface area contributed by atoms with E-state index >= 15 is 0 Å². The van der Waals surface area contributed by atoms with Crippen LogP contribution in [0.2, 0.25) is 0 Å². The third-order valence-electron chi connectivity index (χ3n) is 4.43. The molecule has 7 nitrogen and oxygen atoms in total. The molecule has 4 heterocycles. The summed E-state index contributed by atoms with van der Waals surface area (Å²) >= 11 is 1.70. The van der Waals surface area contributed by atoms with Crippen molar-refractivity contribution in [1.29, 1.82) is 0 Å². The van der Waals surface area contributed by atoms with E-state index in [0.29, 0.717) is 6.54 Å². The zero-order valence-corrected chi connectivity index (χ0v) is 15.5. The minimum absolute atomic E-state index is 0.563. The Morgan fingerprint density at radius 3 is 2.92 bits per heavy atom. The van der Waals surface area contributed by atoms with Crippen molar-refractivity contribution in [1.82, 2.24) is 24.6 Å². The van der Waals surface area contributed by atoms with E-state index in [1.165, 1.54) is 4.88 Å². The first-order valence-corrected chi connectivity index (χ1v) is 9.18. The van der Waals surface area contributed by atoms with Gasteiger partial charge in [-0.3, -0.25) is 4.68 Å². The minimum atomic E-state index is -0.563. The fourth-order valence-corrected chi connectivity index (χ4v) is 4.13. The van der Waals surface area contributed by atoms with Crippen molar-refractivity contribution in [2.75, 3.05) is 32.1 Å². The van der Waals surface area contributed by atoms with Crippen molar-refractivity contribution in [2.45, 2.75) is 26.1 Å². The molecule has 1 aliphatic heterocycles. The van der Waals surface area contributed by atoms with Crippen LogP contribution < -0.4 is 4.90 Å². The summed E-state index contributed by atoms with van der Waals surface area (Å²) in [5.74, 6) is 0.984. The standard InChI is InChI=1S/C17H22N6OS/c1-11-6-13-16(18-10-19-17(13)25-11)22-4-5-23-12(8-22)7-14(20-23)15(24)9-21(2)3/h6-7,10,15,24H,4-5,8-9H2,1-3H3/t15-/m0/s1. The van der Waals surface area contributed by atoms with E-state index < -0.39 is 6.10 Å². The number of hydrogen-bond acceptors (Lipinski definition) is 7. The maximum Gasteiger partial charge on any atom is 0.141 e. The Morgan fingerprint density at radius 2 is 2.12 bits per heavy atom. The Hall–Kier alpha value is -2.03. The molecule has 1 aliphatic rings. The molecule has 25 heavy (non-hydrogen) atoms. The first kappa shape index (κ1) is 16.4. The number of aliphatic hydroxyl groups excluding tert-OH is 1. The topological polar surface area (TPSA) is 70.3 Å². The lowest BCUT2D eigenvalue weighted by molar-refractivity contribution is 0.133. The highest BCUT2D eigenvalue weighted by atomic mass is 32.1. The molecule has 132 valence electrons. The van der Waals surface area contributed by atoms with E-state index in [0.717, 1.165) is 47.1 Å². The average Bonchev–Trinajstić information content (AvgIpc) is 3.15. The Kier molecular flexibility index (Phi) is 4.18. The van der Waals surface area contributed by atoms with Crippen molar-refractivity contribution >= 4 is 27.4 Å². The van der Waals surface area contributed by atoms with Gasteiger partial charge >= 0.3 is 0 Å². The van der Waals surface area contributed by atoms with Crippen LogP contribution in [0.25, 0.3) is 10.2 Å². The molecule has 0 aromatic carbocycles. The van der Waals surface area contributed by atoms with Crippen LogP contribution in [-0.4, -0.2) is 56.9 Å². The highest BCUT2D eigenvalue weighted by molar-refractivity contribution is 7.18. The second-order valence-corrected chi connectivity index (χ2v) is 7.99. The first-order chi connectivity index (χ1) is 12.0. The SMILES string of the molecule is Cc1cc2c(N3CCn4nc([C@@H](O)CN(C)C)cc4C3)ncnc2s1. The number of anilines is 1. The molecule has 3 aromatic rings. The largest absolute Gasteiger partial charge is 0.385 e. The molecule has 0 aliphatic carbocycles. The van der Waals surface area contributed by atoms with Gasteiger partial charge in [0.2, 0.25) is 0 Å². The summed E-state index contributed by atoms with van der Waals surface area (Å²) < 4.78 is 2.00. The predicted molar refractivity (Wildman–Crippen MR) is 98.9 cm³/mol. The predicted octanol–water partition coefficient (Wildman–Crippen LogP) is 1.81. The van der Waals surface area contributed by atoms with E-state index in [1.807, 2.05) is 29.7 Å². The Bertz CT molecular complexity index is 902. The molecule has 4 rings (SSSR count). The number of rotatable bonds is 4. The lowest BCUT2D eigenvalue weighted by atomic mass is 10.2. The number of aliphatic hydroxyl groups is 1. The summed E-state index contributed by atoms with van der Waals surface area (Å²) in [6.45, 7) is 5.04. The minimum Gasteiger partial charge on any atom is -0.385 e. The summed E-state index contributed by atoms with van der Waals surface area (Å²) in [4.78, 5) is 15.4. The number of aryl methyl sites for hydroxylation is 1. The maximum absolute atomic E-state index is 10.3. The van der Waals surface area contributed by atoms with Gasteiger partial charge in [-0.15, -0.1) is 11.3 Å². The summed E-state index contributed by atoms with van der Waals surface area (Å²) in [6.07, 6.45) is 1.08. The number of likely N-dealkylation sites (N-methyl/N-ethyl adjacent to an activating group) is 1. The normalized spacial score (nSPS) is 15.8. The zero-order valence-electron chi connectivity index (χ0n) is 14.7. The number of thiophene rings is 1. The van der Waals surface area contributed by atoms with Gasteiger partial charge in [0.25, 0.3) is 0 Å². The summed E-state index contributed by atoms with van der Waals surface area (Å²) in [5.41, 5.74) is 1.85. The molecule has 0 saturated carbocycles. The van der Waals surface area contributed by atoms with Gasteiger partial charge in [-0.1, -0.05) is 0 Å². The number of fused-ring (bicyclic) bond motifs is 2. The van der Waals surface area contributed by atoms with Crippen LogP contribution in [0.1, 0.15) is 22.4 Å². The fourth-order valence-electron chi connectivity index (χ4n) is 3.29. The Balaban J connectivity index is 1.61. The molecule has 0 radical (unpaired) electrons. The van der Waals surface area contributed by atoms with Gasteiger partial charge in [-0.2, -0.15) is 5.10 Å². The van der Waals surface area contributed by atoms with E-state index in [-0.39, 0.29) is 0 Å². The van der Waals surface area contributed by atoms with Crippen molar-refractivity contribution in [2.24, 2.45) is 0 Å². The van der Waals surface area contributed by atoms with Crippen molar-refractivity contribution < 1.29 is 5.11 Å². The van der Waals surface area contributed by atoms with E-state index in [9.17, 15) is 5.11 Å². The van der Waals surface area contributed by atoms with E-state index in [4.69, 9.17) is 0 Å². The second-order valence-electron chi connectivity index (χ2n) is 6.76. The quantitative estimate of drug-likeness (QED) is 0.767. The van der Waals surface area contributed by atoms with Gasteiger partial charge in [0, 0.05) is 18.0 Å². The molecule has 0 amide bonds. The molecule has 0 unspecified atom stereocenters. The molecular formula is C17H22N6OS. The highest BCUT2D eigenvalue weighted by Crippen LogP contribution is 2.31. The molecule has 0 fully saturated rings. The van der Waals surface area contributed by atoms with Crippen LogP contribution >= 0.6 is 11.3 Å². The molecule has 8 heteroatoms. The van der Waals surface area contributed by atoms with Crippen LogP contribution in [0, 0.1) is 6.92 Å². The van der Waals surface area contributed by atoms with Gasteiger partial charge in [-0.05, 0) is 33.2 Å².